The second kappa shape index (κ2) is 5.87. The van der Waals surface area contributed by atoms with Crippen LogP contribution < -0.4 is 10.2 Å². The fourth-order valence-corrected chi connectivity index (χ4v) is 4.13. The lowest BCUT2D eigenvalue weighted by Gasteiger charge is -2.41. The number of para-hydroxylation sites is 1. The highest BCUT2D eigenvalue weighted by atomic mass is 19.1. The SMILES string of the molecule is CC1(C)Cc2ccccc2NC1c1cc(F)cc(N2CCCC2=O)c1. The number of nitrogens with zero attached hydrogens (tertiary/aromatic N) is 1. The Morgan fingerprint density at radius 2 is 2.00 bits per heavy atom. The van der Waals surface area contributed by atoms with Crippen LogP contribution in [0.5, 0.6) is 0 Å². The van der Waals surface area contributed by atoms with Gasteiger partial charge in [0.2, 0.25) is 5.91 Å². The fourth-order valence-electron chi connectivity index (χ4n) is 4.13. The zero-order valence-electron chi connectivity index (χ0n) is 14.7. The lowest BCUT2D eigenvalue weighted by molar-refractivity contribution is -0.117. The first-order valence-electron chi connectivity index (χ1n) is 8.89. The smallest absolute Gasteiger partial charge is 0.227 e. The molecule has 1 unspecified atom stereocenters. The summed E-state index contributed by atoms with van der Waals surface area (Å²) in [5.41, 5.74) is 3.90. The molecule has 0 aliphatic carbocycles. The summed E-state index contributed by atoms with van der Waals surface area (Å²) in [6.45, 7) is 5.07. The van der Waals surface area contributed by atoms with Crippen LogP contribution >= 0.6 is 0 Å². The molecule has 0 radical (unpaired) electrons. The van der Waals surface area contributed by atoms with Gasteiger partial charge >= 0.3 is 0 Å². The quantitative estimate of drug-likeness (QED) is 0.862. The van der Waals surface area contributed by atoms with E-state index in [0.717, 1.165) is 24.1 Å². The molecule has 0 spiro atoms. The van der Waals surface area contributed by atoms with Gasteiger partial charge in [0, 0.05) is 24.3 Å². The molecule has 1 fully saturated rings. The molecule has 0 saturated carbocycles. The molecule has 130 valence electrons. The molecule has 0 aromatic heterocycles. The third kappa shape index (κ3) is 2.90. The maximum Gasteiger partial charge on any atom is 0.227 e. The minimum absolute atomic E-state index is 0.00504. The Hall–Kier alpha value is -2.36. The Morgan fingerprint density at radius 3 is 2.76 bits per heavy atom. The van der Waals surface area contributed by atoms with Crippen molar-refractivity contribution in [2.75, 3.05) is 16.8 Å². The molecule has 3 nitrogen and oxygen atoms in total. The molecule has 1 atom stereocenters. The first-order chi connectivity index (χ1) is 11.9. The van der Waals surface area contributed by atoms with Crippen molar-refractivity contribution >= 4 is 17.3 Å². The first-order valence-corrected chi connectivity index (χ1v) is 8.89. The van der Waals surface area contributed by atoms with Crippen molar-refractivity contribution in [2.45, 2.75) is 39.2 Å². The van der Waals surface area contributed by atoms with E-state index >= 15 is 0 Å². The zero-order chi connectivity index (χ0) is 17.6. The van der Waals surface area contributed by atoms with Crippen LogP contribution in [-0.4, -0.2) is 12.5 Å². The second-order valence-electron chi connectivity index (χ2n) is 7.79. The van der Waals surface area contributed by atoms with Gasteiger partial charge in [0.25, 0.3) is 0 Å². The third-order valence-corrected chi connectivity index (χ3v) is 5.37. The number of amides is 1. The summed E-state index contributed by atoms with van der Waals surface area (Å²) in [5, 5.41) is 3.59. The molecule has 25 heavy (non-hydrogen) atoms. The lowest BCUT2D eigenvalue weighted by Crippen LogP contribution is -2.35. The number of carbonyl (C=O) groups is 1. The second-order valence-corrected chi connectivity index (χ2v) is 7.79. The Labute approximate surface area is 147 Å². The topological polar surface area (TPSA) is 32.3 Å². The van der Waals surface area contributed by atoms with Gasteiger partial charge in [0.1, 0.15) is 5.82 Å². The fraction of sp³-hybridized carbons (Fsp3) is 0.381. The Morgan fingerprint density at radius 1 is 1.20 bits per heavy atom. The number of nitrogens with one attached hydrogen (secondary N) is 1. The largest absolute Gasteiger partial charge is 0.377 e. The van der Waals surface area contributed by atoms with Crippen molar-refractivity contribution in [3.05, 3.63) is 59.4 Å². The van der Waals surface area contributed by atoms with Crippen molar-refractivity contribution in [1.29, 1.82) is 0 Å². The highest BCUT2D eigenvalue weighted by molar-refractivity contribution is 5.95. The first kappa shape index (κ1) is 16.1. The molecule has 2 aliphatic rings. The maximum absolute atomic E-state index is 14.3. The van der Waals surface area contributed by atoms with Crippen LogP contribution in [0, 0.1) is 11.2 Å². The maximum atomic E-state index is 14.3. The van der Waals surface area contributed by atoms with Crippen molar-refractivity contribution in [3.63, 3.8) is 0 Å². The zero-order valence-corrected chi connectivity index (χ0v) is 14.7. The van der Waals surface area contributed by atoms with Crippen LogP contribution in [-0.2, 0) is 11.2 Å². The van der Waals surface area contributed by atoms with Crippen LogP contribution in [0.25, 0.3) is 0 Å². The van der Waals surface area contributed by atoms with Gasteiger partial charge in [-0.05, 0) is 53.6 Å². The Balaban J connectivity index is 1.74. The van der Waals surface area contributed by atoms with E-state index in [9.17, 15) is 9.18 Å². The summed E-state index contributed by atoms with van der Waals surface area (Å²) in [6, 6.07) is 13.3. The minimum Gasteiger partial charge on any atom is -0.377 e. The molecule has 1 amide bonds. The molecule has 1 N–H and O–H groups in total. The van der Waals surface area contributed by atoms with Crippen LogP contribution in [0.3, 0.4) is 0 Å². The summed E-state index contributed by atoms with van der Waals surface area (Å²) in [6.07, 6.45) is 2.31. The monoisotopic (exact) mass is 338 g/mol. The molecule has 2 aromatic carbocycles. The van der Waals surface area contributed by atoms with Gasteiger partial charge in [-0.15, -0.1) is 0 Å². The van der Waals surface area contributed by atoms with Gasteiger partial charge in [0.05, 0.1) is 6.04 Å². The number of hydrogen-bond acceptors (Lipinski definition) is 2. The van der Waals surface area contributed by atoms with Crippen molar-refractivity contribution in [1.82, 2.24) is 0 Å². The lowest BCUT2D eigenvalue weighted by atomic mass is 9.73. The molecule has 2 aliphatic heterocycles. The van der Waals surface area contributed by atoms with E-state index in [1.165, 1.54) is 11.6 Å². The van der Waals surface area contributed by atoms with Crippen molar-refractivity contribution in [2.24, 2.45) is 5.41 Å². The number of anilines is 2. The van der Waals surface area contributed by atoms with Gasteiger partial charge in [-0.25, -0.2) is 4.39 Å². The molecule has 2 aromatic rings. The highest BCUT2D eigenvalue weighted by Gasteiger charge is 2.36. The van der Waals surface area contributed by atoms with E-state index in [0.29, 0.717) is 18.7 Å². The summed E-state index contributed by atoms with van der Waals surface area (Å²) in [7, 11) is 0. The van der Waals surface area contributed by atoms with Crippen LogP contribution in [0.15, 0.2) is 42.5 Å². The van der Waals surface area contributed by atoms with E-state index in [1.807, 2.05) is 12.1 Å². The van der Waals surface area contributed by atoms with Crippen LogP contribution in [0.1, 0.15) is 43.9 Å². The van der Waals surface area contributed by atoms with E-state index < -0.39 is 0 Å². The van der Waals surface area contributed by atoms with E-state index in [2.05, 4.69) is 37.4 Å². The van der Waals surface area contributed by atoms with Crippen LogP contribution in [0.4, 0.5) is 15.8 Å². The molecule has 4 rings (SSSR count). The number of benzene rings is 2. The normalized spacial score (nSPS) is 21.8. The van der Waals surface area contributed by atoms with Crippen molar-refractivity contribution < 1.29 is 9.18 Å². The Bertz CT molecular complexity index is 830. The molecule has 4 heteroatoms. The van der Waals surface area contributed by atoms with Gasteiger partial charge in [0.15, 0.2) is 0 Å². The van der Waals surface area contributed by atoms with E-state index in [-0.39, 0.29) is 23.2 Å². The molecular formula is C21H23FN2O. The van der Waals surface area contributed by atoms with Gasteiger partial charge < -0.3 is 10.2 Å². The van der Waals surface area contributed by atoms with E-state index in [1.54, 1.807) is 11.0 Å². The summed E-state index contributed by atoms with van der Waals surface area (Å²) in [5.74, 6) is -0.207. The van der Waals surface area contributed by atoms with Crippen molar-refractivity contribution in [3.8, 4) is 0 Å². The summed E-state index contributed by atoms with van der Waals surface area (Å²) < 4.78 is 14.3. The molecule has 2 heterocycles. The predicted molar refractivity (Wildman–Crippen MR) is 98.3 cm³/mol. The van der Waals surface area contributed by atoms with Gasteiger partial charge in [-0.2, -0.15) is 0 Å². The molecular weight excluding hydrogens is 315 g/mol. The third-order valence-electron chi connectivity index (χ3n) is 5.37. The average molecular weight is 338 g/mol. The number of halogens is 1. The Kier molecular flexibility index (Phi) is 3.78. The highest BCUT2D eigenvalue weighted by Crippen LogP contribution is 2.45. The molecule has 0 bridgehead atoms. The summed E-state index contributed by atoms with van der Waals surface area (Å²) in [4.78, 5) is 13.8. The number of carbonyl (C=O) groups excluding carboxylic acids is 1. The summed E-state index contributed by atoms with van der Waals surface area (Å²) >= 11 is 0. The van der Waals surface area contributed by atoms with E-state index in [4.69, 9.17) is 0 Å². The van der Waals surface area contributed by atoms with Gasteiger partial charge in [-0.3, -0.25) is 4.79 Å². The molecule has 1 saturated heterocycles. The number of hydrogen-bond donors (Lipinski definition) is 1. The average Bonchev–Trinajstić information content (AvgIpc) is 2.99. The van der Waals surface area contributed by atoms with Gasteiger partial charge in [-0.1, -0.05) is 32.0 Å². The predicted octanol–water partition coefficient (Wildman–Crippen LogP) is 4.69. The number of fused-ring (bicyclic) bond motifs is 1. The minimum atomic E-state index is -0.288. The standard InChI is InChI=1S/C21H23FN2O/c1-21(2)13-14-6-3-4-7-18(14)23-20(21)15-10-16(22)12-17(11-15)24-9-5-8-19(24)25/h3-4,6-7,10-12,20,23H,5,8-9,13H2,1-2H3. The van der Waals surface area contributed by atoms with Crippen LogP contribution in [0.2, 0.25) is 0 Å². The number of rotatable bonds is 2.